The fourth-order valence-electron chi connectivity index (χ4n) is 3.43. The zero-order chi connectivity index (χ0) is 22.0. The zero-order valence-corrected chi connectivity index (χ0v) is 17.6. The molecule has 0 saturated carbocycles. The Kier molecular flexibility index (Phi) is 5.58. The molecule has 0 fully saturated rings. The summed E-state index contributed by atoms with van der Waals surface area (Å²) < 4.78 is 16.6. The number of benzene rings is 3. The summed E-state index contributed by atoms with van der Waals surface area (Å²) >= 11 is 0. The molecule has 0 saturated heterocycles. The van der Waals surface area contributed by atoms with Crippen molar-refractivity contribution < 1.29 is 23.8 Å². The van der Waals surface area contributed by atoms with Gasteiger partial charge in [-0.05, 0) is 60.9 Å². The van der Waals surface area contributed by atoms with Gasteiger partial charge in [0.1, 0.15) is 18.1 Å². The van der Waals surface area contributed by atoms with Crippen LogP contribution in [-0.2, 0) is 11.3 Å². The van der Waals surface area contributed by atoms with Gasteiger partial charge in [0.2, 0.25) is 5.78 Å². The number of fused-ring (bicyclic) bond motifs is 1. The topological polar surface area (TPSA) is 61.8 Å². The quantitative estimate of drug-likeness (QED) is 0.420. The van der Waals surface area contributed by atoms with Crippen LogP contribution in [-0.4, -0.2) is 18.9 Å². The summed E-state index contributed by atoms with van der Waals surface area (Å²) in [7, 11) is 1.35. The summed E-state index contributed by atoms with van der Waals surface area (Å²) in [5.74, 6) is 0.969. The number of hydrogen-bond acceptors (Lipinski definition) is 5. The molecule has 3 aromatic carbocycles. The lowest BCUT2D eigenvalue weighted by atomic mass is 10.0. The minimum Gasteiger partial charge on any atom is -0.488 e. The maximum Gasteiger partial charge on any atom is 0.337 e. The van der Waals surface area contributed by atoms with Crippen molar-refractivity contribution in [2.75, 3.05) is 7.11 Å². The molecule has 1 aliphatic rings. The molecular formula is C26H22O5. The Bertz CT molecular complexity index is 1190. The summed E-state index contributed by atoms with van der Waals surface area (Å²) in [6, 6.07) is 18.4. The first-order valence-electron chi connectivity index (χ1n) is 9.91. The van der Waals surface area contributed by atoms with Gasteiger partial charge in [-0.2, -0.15) is 0 Å². The van der Waals surface area contributed by atoms with Crippen molar-refractivity contribution in [3.63, 3.8) is 0 Å². The molecule has 1 aliphatic heterocycles. The van der Waals surface area contributed by atoms with Crippen LogP contribution in [0.2, 0.25) is 0 Å². The number of Topliss-reactive ketones (excluding diaryl/α,β-unsaturated/α-hetero) is 1. The fraction of sp³-hybridized carbons (Fsp3) is 0.154. The van der Waals surface area contributed by atoms with E-state index in [0.717, 1.165) is 22.3 Å². The Morgan fingerprint density at radius 3 is 2.45 bits per heavy atom. The number of esters is 1. The van der Waals surface area contributed by atoms with E-state index in [0.29, 0.717) is 35.0 Å². The normalized spacial score (nSPS) is 13.6. The third-order valence-electron chi connectivity index (χ3n) is 5.28. The molecule has 0 spiro atoms. The van der Waals surface area contributed by atoms with E-state index in [1.54, 1.807) is 30.3 Å². The second kappa shape index (κ2) is 8.48. The van der Waals surface area contributed by atoms with Crippen molar-refractivity contribution >= 4 is 17.8 Å². The smallest absolute Gasteiger partial charge is 0.337 e. The van der Waals surface area contributed by atoms with Gasteiger partial charge in [0.05, 0.1) is 18.2 Å². The standard InChI is InChI=1S/C26H22O5/c1-16-6-4-5-7-20(16)14-23-24(27)21-12-13-22(17(2)25(21)31-23)30-15-18-8-10-19(11-9-18)26(28)29-3/h4-14H,15H2,1-3H3/b23-14-. The van der Waals surface area contributed by atoms with Crippen molar-refractivity contribution in [2.45, 2.75) is 20.5 Å². The molecule has 0 unspecified atom stereocenters. The number of ether oxygens (including phenoxy) is 3. The van der Waals surface area contributed by atoms with E-state index in [4.69, 9.17) is 14.2 Å². The van der Waals surface area contributed by atoms with Gasteiger partial charge in [0.25, 0.3) is 0 Å². The monoisotopic (exact) mass is 414 g/mol. The minimum atomic E-state index is -0.377. The van der Waals surface area contributed by atoms with Gasteiger partial charge in [0.15, 0.2) is 5.76 Å². The van der Waals surface area contributed by atoms with E-state index in [1.165, 1.54) is 7.11 Å². The lowest BCUT2D eigenvalue weighted by Gasteiger charge is -2.12. The highest BCUT2D eigenvalue weighted by molar-refractivity contribution is 6.15. The zero-order valence-electron chi connectivity index (χ0n) is 17.6. The molecule has 0 radical (unpaired) electrons. The van der Waals surface area contributed by atoms with Gasteiger partial charge in [-0.15, -0.1) is 0 Å². The second-order valence-electron chi connectivity index (χ2n) is 7.34. The molecular weight excluding hydrogens is 392 g/mol. The molecule has 0 aromatic heterocycles. The highest BCUT2D eigenvalue weighted by Crippen LogP contribution is 2.39. The summed E-state index contributed by atoms with van der Waals surface area (Å²) in [5, 5.41) is 0. The maximum atomic E-state index is 12.8. The van der Waals surface area contributed by atoms with Crippen LogP contribution in [0.25, 0.3) is 6.08 Å². The number of methoxy groups -OCH3 is 1. The van der Waals surface area contributed by atoms with E-state index in [9.17, 15) is 9.59 Å². The highest BCUT2D eigenvalue weighted by Gasteiger charge is 2.30. The van der Waals surface area contributed by atoms with Crippen LogP contribution in [0.4, 0.5) is 0 Å². The number of carbonyl (C=O) groups is 2. The maximum absolute atomic E-state index is 12.8. The van der Waals surface area contributed by atoms with Crippen molar-refractivity contribution in [1.82, 2.24) is 0 Å². The van der Waals surface area contributed by atoms with Crippen LogP contribution >= 0.6 is 0 Å². The second-order valence-corrected chi connectivity index (χ2v) is 7.34. The third kappa shape index (κ3) is 4.08. The van der Waals surface area contributed by atoms with Gasteiger partial charge in [-0.3, -0.25) is 4.79 Å². The molecule has 0 atom stereocenters. The number of ketones is 1. The third-order valence-corrected chi connectivity index (χ3v) is 5.28. The predicted molar refractivity (Wildman–Crippen MR) is 117 cm³/mol. The SMILES string of the molecule is COC(=O)c1ccc(COc2ccc3c(c2C)O/C(=C\c2ccccc2C)C3=O)cc1. The van der Waals surface area contributed by atoms with Gasteiger partial charge in [-0.25, -0.2) is 4.79 Å². The Hall–Kier alpha value is -3.86. The highest BCUT2D eigenvalue weighted by atomic mass is 16.5. The van der Waals surface area contributed by atoms with Gasteiger partial charge < -0.3 is 14.2 Å². The molecule has 0 bridgehead atoms. The minimum absolute atomic E-state index is 0.133. The average molecular weight is 414 g/mol. The van der Waals surface area contributed by atoms with E-state index in [2.05, 4.69) is 0 Å². The first-order valence-corrected chi connectivity index (χ1v) is 9.91. The summed E-state index contributed by atoms with van der Waals surface area (Å²) in [4.78, 5) is 24.3. The molecule has 5 nitrogen and oxygen atoms in total. The Balaban J connectivity index is 1.52. The molecule has 3 aromatic rings. The van der Waals surface area contributed by atoms with Crippen molar-refractivity contribution in [3.8, 4) is 11.5 Å². The number of carbonyl (C=O) groups excluding carboxylic acids is 2. The number of rotatable bonds is 5. The van der Waals surface area contributed by atoms with Crippen LogP contribution in [0.3, 0.4) is 0 Å². The number of aryl methyl sites for hydroxylation is 1. The van der Waals surface area contributed by atoms with Gasteiger partial charge in [-0.1, -0.05) is 36.4 Å². The molecule has 0 amide bonds. The van der Waals surface area contributed by atoms with Crippen LogP contribution in [0.1, 0.15) is 43.0 Å². The van der Waals surface area contributed by atoms with Crippen molar-refractivity contribution in [2.24, 2.45) is 0 Å². The average Bonchev–Trinajstić information content (AvgIpc) is 3.11. The Morgan fingerprint density at radius 2 is 1.74 bits per heavy atom. The van der Waals surface area contributed by atoms with Crippen LogP contribution in [0, 0.1) is 13.8 Å². The Morgan fingerprint density at radius 1 is 1.00 bits per heavy atom. The largest absolute Gasteiger partial charge is 0.488 e. The number of allylic oxidation sites excluding steroid dienone is 1. The van der Waals surface area contributed by atoms with Crippen LogP contribution in [0.5, 0.6) is 11.5 Å². The molecule has 0 N–H and O–H groups in total. The van der Waals surface area contributed by atoms with Crippen LogP contribution < -0.4 is 9.47 Å². The molecule has 1 heterocycles. The fourth-order valence-corrected chi connectivity index (χ4v) is 3.43. The molecule has 5 heteroatoms. The van der Waals surface area contributed by atoms with E-state index in [-0.39, 0.29) is 11.8 Å². The van der Waals surface area contributed by atoms with Crippen molar-refractivity contribution in [3.05, 3.63) is 99.8 Å². The molecule has 156 valence electrons. The first-order chi connectivity index (χ1) is 15.0. The molecule has 4 rings (SSSR count). The van der Waals surface area contributed by atoms with E-state index < -0.39 is 0 Å². The Labute approximate surface area is 180 Å². The summed E-state index contributed by atoms with van der Waals surface area (Å²) in [5.41, 5.74) is 4.71. The molecule has 31 heavy (non-hydrogen) atoms. The van der Waals surface area contributed by atoms with Crippen molar-refractivity contribution in [1.29, 1.82) is 0 Å². The van der Waals surface area contributed by atoms with E-state index in [1.807, 2.05) is 50.2 Å². The van der Waals surface area contributed by atoms with Gasteiger partial charge in [0, 0.05) is 5.56 Å². The predicted octanol–water partition coefficient (Wildman–Crippen LogP) is 5.29. The lowest BCUT2D eigenvalue weighted by molar-refractivity contribution is 0.0600. The summed E-state index contributed by atoms with van der Waals surface area (Å²) in [6.45, 7) is 4.19. The first kappa shape index (κ1) is 20.4. The van der Waals surface area contributed by atoms with Gasteiger partial charge >= 0.3 is 5.97 Å². The van der Waals surface area contributed by atoms with E-state index >= 15 is 0 Å². The number of hydrogen-bond donors (Lipinski definition) is 0. The lowest BCUT2D eigenvalue weighted by Crippen LogP contribution is -2.02. The van der Waals surface area contributed by atoms with Crippen LogP contribution in [0.15, 0.2) is 66.4 Å². The molecule has 0 aliphatic carbocycles. The summed E-state index contributed by atoms with van der Waals surface area (Å²) in [6.07, 6.45) is 1.78.